The molecule has 1 aliphatic rings. The van der Waals surface area contributed by atoms with Crippen molar-refractivity contribution in [3.63, 3.8) is 0 Å². The van der Waals surface area contributed by atoms with Crippen LogP contribution in [0.3, 0.4) is 0 Å². The first-order chi connectivity index (χ1) is 14.0. The molecule has 4 rings (SSSR count). The number of ether oxygens (including phenoxy) is 2. The number of methoxy groups -OCH3 is 1. The van der Waals surface area contributed by atoms with Crippen LogP contribution in [0.25, 0.3) is 11.2 Å². The molecule has 10 nitrogen and oxygen atoms in total. The Morgan fingerprint density at radius 1 is 1.17 bits per heavy atom. The van der Waals surface area contributed by atoms with Gasteiger partial charge in [-0.15, -0.1) is 0 Å². The molecule has 2 aromatic heterocycles. The summed E-state index contributed by atoms with van der Waals surface area (Å²) in [4.78, 5) is 43.7. The zero-order chi connectivity index (χ0) is 20.7. The topological polar surface area (TPSA) is 101 Å². The minimum Gasteiger partial charge on any atom is -0.494 e. The van der Waals surface area contributed by atoms with Gasteiger partial charge < -0.3 is 18.9 Å². The number of carbonyl (C=O) groups excluding carboxylic acids is 1. The summed E-state index contributed by atoms with van der Waals surface area (Å²) in [6.07, 6.45) is 0. The molecule has 0 atom stereocenters. The van der Waals surface area contributed by atoms with E-state index in [0.717, 1.165) is 16.0 Å². The van der Waals surface area contributed by atoms with Crippen LogP contribution in [0.5, 0.6) is 5.75 Å². The standard InChI is InChI=1S/C19H21N5O5/c1-4-29-13-7-5-12(6-8-13)22-9-10-23-15-16(20-18(22)23)21(2)19(27)24(17(15)26)11-14(25)28-3/h5-8H,4,9-11H2,1-3H3. The molecule has 29 heavy (non-hydrogen) atoms. The van der Waals surface area contributed by atoms with Gasteiger partial charge >= 0.3 is 11.7 Å². The van der Waals surface area contributed by atoms with E-state index in [1.165, 1.54) is 18.7 Å². The van der Waals surface area contributed by atoms with E-state index in [9.17, 15) is 14.4 Å². The molecule has 0 amide bonds. The number of aromatic nitrogens is 4. The lowest BCUT2D eigenvalue weighted by atomic mass is 10.3. The van der Waals surface area contributed by atoms with E-state index in [1.807, 2.05) is 36.1 Å². The number of fused-ring (bicyclic) bond motifs is 3. The molecular weight excluding hydrogens is 378 g/mol. The normalized spacial score (nSPS) is 13.0. The lowest BCUT2D eigenvalue weighted by Crippen LogP contribution is -2.41. The van der Waals surface area contributed by atoms with Crippen LogP contribution >= 0.6 is 0 Å². The van der Waals surface area contributed by atoms with E-state index in [0.29, 0.717) is 31.2 Å². The molecule has 0 saturated carbocycles. The quantitative estimate of drug-likeness (QED) is 0.580. The Morgan fingerprint density at radius 3 is 2.55 bits per heavy atom. The number of hydrogen-bond donors (Lipinski definition) is 0. The van der Waals surface area contributed by atoms with Crippen LogP contribution in [-0.2, 0) is 29.7 Å². The van der Waals surface area contributed by atoms with E-state index in [1.54, 1.807) is 4.57 Å². The first-order valence-electron chi connectivity index (χ1n) is 9.23. The summed E-state index contributed by atoms with van der Waals surface area (Å²) in [5.74, 6) is 0.685. The lowest BCUT2D eigenvalue weighted by molar-refractivity contribution is -0.141. The number of hydrogen-bond acceptors (Lipinski definition) is 7. The van der Waals surface area contributed by atoms with Crippen molar-refractivity contribution >= 4 is 28.8 Å². The molecule has 0 fully saturated rings. The molecule has 1 aromatic carbocycles. The van der Waals surface area contributed by atoms with Crippen molar-refractivity contribution in [2.45, 2.75) is 20.0 Å². The summed E-state index contributed by atoms with van der Waals surface area (Å²) in [5, 5.41) is 0. The van der Waals surface area contributed by atoms with E-state index < -0.39 is 23.8 Å². The van der Waals surface area contributed by atoms with Crippen molar-refractivity contribution in [3.8, 4) is 5.75 Å². The third kappa shape index (κ3) is 2.96. The van der Waals surface area contributed by atoms with Crippen LogP contribution in [0, 0.1) is 0 Å². The first kappa shape index (κ1) is 18.8. The molecule has 0 aliphatic carbocycles. The van der Waals surface area contributed by atoms with Gasteiger partial charge in [0, 0.05) is 25.8 Å². The third-order valence-corrected chi connectivity index (χ3v) is 4.98. The Morgan fingerprint density at radius 2 is 1.90 bits per heavy atom. The van der Waals surface area contributed by atoms with Crippen molar-refractivity contribution in [2.24, 2.45) is 7.05 Å². The number of rotatable bonds is 5. The summed E-state index contributed by atoms with van der Waals surface area (Å²) < 4.78 is 14.0. The second-order valence-electron chi connectivity index (χ2n) is 6.62. The SMILES string of the molecule is CCOc1ccc(N2CCn3c2nc2c3c(=O)n(CC(=O)OC)c(=O)n2C)cc1. The molecule has 0 radical (unpaired) electrons. The molecule has 0 N–H and O–H groups in total. The van der Waals surface area contributed by atoms with Gasteiger partial charge in [-0.2, -0.15) is 4.98 Å². The number of anilines is 2. The minimum atomic E-state index is -0.666. The Hall–Kier alpha value is -3.56. The largest absolute Gasteiger partial charge is 0.494 e. The molecule has 0 saturated heterocycles. The van der Waals surface area contributed by atoms with Gasteiger partial charge in [-0.1, -0.05) is 0 Å². The zero-order valence-corrected chi connectivity index (χ0v) is 16.4. The molecule has 1 aliphatic heterocycles. The Labute approximate surface area is 165 Å². The predicted octanol–water partition coefficient (Wildman–Crippen LogP) is 0.620. The van der Waals surface area contributed by atoms with Gasteiger partial charge in [0.25, 0.3) is 5.56 Å². The highest BCUT2D eigenvalue weighted by Gasteiger charge is 2.29. The Bertz CT molecular complexity index is 1200. The van der Waals surface area contributed by atoms with Crippen molar-refractivity contribution in [1.82, 2.24) is 18.7 Å². The van der Waals surface area contributed by atoms with Crippen molar-refractivity contribution in [3.05, 3.63) is 45.1 Å². The fourth-order valence-electron chi connectivity index (χ4n) is 3.54. The second-order valence-corrected chi connectivity index (χ2v) is 6.62. The molecule has 3 heterocycles. The summed E-state index contributed by atoms with van der Waals surface area (Å²) in [7, 11) is 2.74. The maximum atomic E-state index is 13.0. The van der Waals surface area contributed by atoms with Gasteiger partial charge in [0.1, 0.15) is 12.3 Å². The van der Waals surface area contributed by atoms with Crippen LogP contribution in [0.1, 0.15) is 6.92 Å². The smallest absolute Gasteiger partial charge is 0.333 e. The van der Waals surface area contributed by atoms with Gasteiger partial charge in [0.2, 0.25) is 5.95 Å². The Kier molecular flexibility index (Phi) is 4.61. The summed E-state index contributed by atoms with van der Waals surface area (Å²) in [6.45, 7) is 3.23. The number of aryl methyl sites for hydroxylation is 1. The second kappa shape index (κ2) is 7.12. The Balaban J connectivity index is 1.83. The highest BCUT2D eigenvalue weighted by molar-refractivity contribution is 5.78. The first-order valence-corrected chi connectivity index (χ1v) is 9.23. The summed E-state index contributed by atoms with van der Waals surface area (Å²) >= 11 is 0. The molecule has 10 heteroatoms. The van der Waals surface area contributed by atoms with Crippen LogP contribution in [-0.4, -0.2) is 44.9 Å². The fraction of sp³-hybridized carbons (Fsp3) is 0.368. The van der Waals surface area contributed by atoms with Crippen molar-refractivity contribution < 1.29 is 14.3 Å². The fourth-order valence-corrected chi connectivity index (χ4v) is 3.54. The zero-order valence-electron chi connectivity index (χ0n) is 16.4. The van der Waals surface area contributed by atoms with Crippen molar-refractivity contribution in [1.29, 1.82) is 0 Å². The lowest BCUT2D eigenvalue weighted by Gasteiger charge is -2.16. The number of imidazole rings is 1. The van der Waals surface area contributed by atoms with E-state index >= 15 is 0 Å². The van der Waals surface area contributed by atoms with Crippen LogP contribution in [0.4, 0.5) is 11.6 Å². The average Bonchev–Trinajstić information content (AvgIpc) is 3.29. The van der Waals surface area contributed by atoms with Gasteiger partial charge in [-0.25, -0.2) is 9.36 Å². The molecule has 3 aromatic rings. The summed E-state index contributed by atoms with van der Waals surface area (Å²) in [6, 6.07) is 7.61. The van der Waals surface area contributed by atoms with Crippen molar-refractivity contribution in [2.75, 3.05) is 25.2 Å². The third-order valence-electron chi connectivity index (χ3n) is 4.98. The number of nitrogens with zero attached hydrogens (tertiary/aromatic N) is 5. The van der Waals surface area contributed by atoms with E-state index in [-0.39, 0.29) is 5.65 Å². The van der Waals surface area contributed by atoms with Crippen LogP contribution < -0.4 is 20.9 Å². The average molecular weight is 399 g/mol. The van der Waals surface area contributed by atoms with E-state index in [4.69, 9.17) is 4.74 Å². The maximum absolute atomic E-state index is 13.0. The molecular formula is C19H21N5O5. The maximum Gasteiger partial charge on any atom is 0.333 e. The molecule has 0 unspecified atom stereocenters. The monoisotopic (exact) mass is 399 g/mol. The molecule has 152 valence electrons. The van der Waals surface area contributed by atoms with Gasteiger partial charge in [0.15, 0.2) is 11.2 Å². The number of esters is 1. The highest BCUT2D eigenvalue weighted by Crippen LogP contribution is 2.32. The molecule has 0 bridgehead atoms. The van der Waals surface area contributed by atoms with Gasteiger partial charge in [-0.3, -0.25) is 14.2 Å². The summed E-state index contributed by atoms with van der Waals surface area (Å²) in [5.41, 5.74) is 0.312. The van der Waals surface area contributed by atoms with Crippen LogP contribution in [0.2, 0.25) is 0 Å². The van der Waals surface area contributed by atoms with Gasteiger partial charge in [-0.05, 0) is 31.2 Å². The van der Waals surface area contributed by atoms with Gasteiger partial charge in [0.05, 0.1) is 13.7 Å². The molecule has 0 spiro atoms. The number of benzene rings is 1. The minimum absolute atomic E-state index is 0.284. The van der Waals surface area contributed by atoms with Crippen LogP contribution in [0.15, 0.2) is 33.9 Å². The highest BCUT2D eigenvalue weighted by atomic mass is 16.5. The number of carbonyl (C=O) groups is 1. The van der Waals surface area contributed by atoms with E-state index in [2.05, 4.69) is 9.72 Å². The predicted molar refractivity (Wildman–Crippen MR) is 106 cm³/mol.